The highest BCUT2D eigenvalue weighted by molar-refractivity contribution is 14.0. The van der Waals surface area contributed by atoms with Crippen LogP contribution in [0.1, 0.15) is 31.7 Å². The summed E-state index contributed by atoms with van der Waals surface area (Å²) in [6.07, 6.45) is 6.49. The number of guanidine groups is 1. The van der Waals surface area contributed by atoms with E-state index in [4.69, 9.17) is 4.74 Å². The molecule has 2 aromatic rings. The molecule has 0 aliphatic rings. The van der Waals surface area contributed by atoms with Crippen LogP contribution in [-0.2, 0) is 11.3 Å². The molecule has 0 spiro atoms. The summed E-state index contributed by atoms with van der Waals surface area (Å²) in [6, 6.07) is 8.18. The Bertz CT molecular complexity index is 615. The van der Waals surface area contributed by atoms with Gasteiger partial charge in [0, 0.05) is 33.4 Å². The van der Waals surface area contributed by atoms with Gasteiger partial charge in [-0.25, -0.2) is 9.67 Å². The Morgan fingerprint density at radius 2 is 1.92 bits per heavy atom. The number of aromatic nitrogens is 3. The molecule has 2 rings (SSSR count). The Balaban J connectivity index is 0.00000338. The summed E-state index contributed by atoms with van der Waals surface area (Å²) in [5.74, 6) is 0.800. The van der Waals surface area contributed by atoms with Gasteiger partial charge in [-0.2, -0.15) is 5.10 Å². The highest BCUT2D eigenvalue weighted by Crippen LogP contribution is 2.07. The summed E-state index contributed by atoms with van der Waals surface area (Å²) in [6.45, 7) is 5.37. The van der Waals surface area contributed by atoms with Crippen LogP contribution >= 0.6 is 24.0 Å². The maximum atomic E-state index is 5.55. The molecule has 1 aromatic carbocycles. The molecule has 0 atom stereocenters. The van der Waals surface area contributed by atoms with Crippen molar-refractivity contribution in [1.29, 1.82) is 0 Å². The van der Waals surface area contributed by atoms with Crippen molar-refractivity contribution in [3.63, 3.8) is 0 Å². The molecule has 0 bridgehead atoms. The fourth-order valence-corrected chi connectivity index (χ4v) is 2.24. The molecule has 7 nitrogen and oxygen atoms in total. The quantitative estimate of drug-likeness (QED) is 0.241. The fourth-order valence-electron chi connectivity index (χ4n) is 2.24. The largest absolute Gasteiger partial charge is 0.381 e. The molecule has 0 amide bonds. The second-order valence-electron chi connectivity index (χ2n) is 5.68. The molecule has 26 heavy (non-hydrogen) atoms. The number of rotatable bonds is 10. The van der Waals surface area contributed by atoms with Gasteiger partial charge in [0.1, 0.15) is 12.7 Å². The van der Waals surface area contributed by atoms with Gasteiger partial charge in [-0.1, -0.05) is 25.5 Å². The van der Waals surface area contributed by atoms with Gasteiger partial charge < -0.3 is 15.4 Å². The predicted octanol–water partition coefficient (Wildman–Crippen LogP) is 2.76. The number of ether oxygens (including phenoxy) is 1. The van der Waals surface area contributed by atoms with E-state index >= 15 is 0 Å². The third kappa shape index (κ3) is 8.13. The molecular formula is C18H29IN6O. The van der Waals surface area contributed by atoms with E-state index in [-0.39, 0.29) is 24.0 Å². The van der Waals surface area contributed by atoms with Crippen molar-refractivity contribution in [2.24, 2.45) is 4.99 Å². The Morgan fingerprint density at radius 3 is 2.58 bits per heavy atom. The minimum Gasteiger partial charge on any atom is -0.381 e. The first-order valence-electron chi connectivity index (χ1n) is 8.79. The van der Waals surface area contributed by atoms with Crippen molar-refractivity contribution >= 4 is 29.9 Å². The van der Waals surface area contributed by atoms with E-state index in [1.807, 2.05) is 12.1 Å². The number of aliphatic imine (C=N–C) groups is 1. The molecule has 144 valence electrons. The van der Waals surface area contributed by atoms with E-state index in [1.165, 1.54) is 18.3 Å². The lowest BCUT2D eigenvalue weighted by atomic mass is 10.2. The van der Waals surface area contributed by atoms with Gasteiger partial charge in [0.15, 0.2) is 5.96 Å². The van der Waals surface area contributed by atoms with Gasteiger partial charge in [-0.15, -0.1) is 24.0 Å². The zero-order valence-corrected chi connectivity index (χ0v) is 17.8. The lowest BCUT2D eigenvalue weighted by molar-refractivity contribution is 0.129. The van der Waals surface area contributed by atoms with Gasteiger partial charge in [0.25, 0.3) is 0 Å². The zero-order chi connectivity index (χ0) is 17.7. The molecule has 0 saturated carbocycles. The normalized spacial score (nSPS) is 11.1. The Labute approximate surface area is 172 Å². The average molecular weight is 472 g/mol. The van der Waals surface area contributed by atoms with Crippen molar-refractivity contribution < 1.29 is 4.74 Å². The average Bonchev–Trinajstić information content (AvgIpc) is 3.18. The van der Waals surface area contributed by atoms with Crippen LogP contribution in [-0.4, -0.2) is 47.5 Å². The Hall–Kier alpha value is -1.68. The first-order chi connectivity index (χ1) is 12.3. The number of nitrogens with zero attached hydrogens (tertiary/aromatic N) is 4. The van der Waals surface area contributed by atoms with Crippen LogP contribution in [0.3, 0.4) is 0 Å². The van der Waals surface area contributed by atoms with Crippen LogP contribution < -0.4 is 10.6 Å². The Morgan fingerprint density at radius 1 is 1.15 bits per heavy atom. The summed E-state index contributed by atoms with van der Waals surface area (Å²) in [5, 5.41) is 10.7. The number of nitrogens with one attached hydrogen (secondary N) is 2. The van der Waals surface area contributed by atoms with Crippen LogP contribution in [0.4, 0.5) is 0 Å². The smallest absolute Gasteiger partial charge is 0.191 e. The lowest BCUT2D eigenvalue weighted by Gasteiger charge is -2.12. The second kappa shape index (κ2) is 13.5. The van der Waals surface area contributed by atoms with Crippen LogP contribution in [0.2, 0.25) is 0 Å². The van der Waals surface area contributed by atoms with E-state index < -0.39 is 0 Å². The van der Waals surface area contributed by atoms with Crippen molar-refractivity contribution in [3.05, 3.63) is 42.5 Å². The van der Waals surface area contributed by atoms with Crippen LogP contribution in [0, 0.1) is 0 Å². The monoisotopic (exact) mass is 472 g/mol. The Kier molecular flexibility index (Phi) is 11.6. The van der Waals surface area contributed by atoms with E-state index in [1.54, 1.807) is 18.1 Å². The van der Waals surface area contributed by atoms with Gasteiger partial charge in [0.05, 0.1) is 5.69 Å². The topological polar surface area (TPSA) is 76.4 Å². The molecule has 2 N–H and O–H groups in total. The van der Waals surface area contributed by atoms with Gasteiger partial charge in [-0.3, -0.25) is 4.99 Å². The zero-order valence-electron chi connectivity index (χ0n) is 15.5. The number of hydrogen-bond acceptors (Lipinski definition) is 4. The van der Waals surface area contributed by atoms with Crippen molar-refractivity contribution in [2.75, 3.05) is 26.8 Å². The summed E-state index contributed by atoms with van der Waals surface area (Å²) in [7, 11) is 1.78. The SMILES string of the molecule is CCCCOCCCNC(=NC)NCc1ccc(-n2cncn2)cc1.I. The van der Waals surface area contributed by atoms with Gasteiger partial charge in [0.2, 0.25) is 0 Å². The molecule has 0 unspecified atom stereocenters. The summed E-state index contributed by atoms with van der Waals surface area (Å²) >= 11 is 0. The van der Waals surface area contributed by atoms with Crippen molar-refractivity contribution in [1.82, 2.24) is 25.4 Å². The maximum Gasteiger partial charge on any atom is 0.191 e. The van der Waals surface area contributed by atoms with Crippen LogP contribution in [0.5, 0.6) is 0 Å². The minimum absolute atomic E-state index is 0. The van der Waals surface area contributed by atoms with E-state index in [0.29, 0.717) is 6.54 Å². The number of unbranched alkanes of at least 4 members (excludes halogenated alkanes) is 1. The van der Waals surface area contributed by atoms with Crippen molar-refractivity contribution in [3.8, 4) is 5.69 Å². The molecule has 0 aliphatic carbocycles. The molecule has 1 aromatic heterocycles. The molecule has 1 heterocycles. The van der Waals surface area contributed by atoms with E-state index in [9.17, 15) is 0 Å². The molecule has 0 aliphatic heterocycles. The molecule has 0 radical (unpaired) electrons. The molecule has 8 heteroatoms. The van der Waals surface area contributed by atoms with Crippen LogP contribution in [0.25, 0.3) is 5.69 Å². The maximum absolute atomic E-state index is 5.55. The standard InChI is InChI=1S/C18H28N6O.HI/c1-3-4-11-25-12-5-10-21-18(19-2)22-13-16-6-8-17(9-7-16)24-15-20-14-23-24;/h6-9,14-15H,3-5,10-13H2,1-2H3,(H2,19,21,22);1H. The third-order valence-electron chi connectivity index (χ3n) is 3.70. The highest BCUT2D eigenvalue weighted by atomic mass is 127. The molecule has 0 fully saturated rings. The van der Waals surface area contributed by atoms with Gasteiger partial charge in [-0.05, 0) is 30.5 Å². The highest BCUT2D eigenvalue weighted by Gasteiger charge is 2.00. The number of halogens is 1. The fraction of sp³-hybridized carbons (Fsp3) is 0.500. The summed E-state index contributed by atoms with van der Waals surface area (Å²) < 4.78 is 7.29. The van der Waals surface area contributed by atoms with E-state index in [2.05, 4.69) is 44.8 Å². The first-order valence-corrected chi connectivity index (χ1v) is 8.79. The number of benzene rings is 1. The predicted molar refractivity (Wildman–Crippen MR) is 115 cm³/mol. The minimum atomic E-state index is 0. The molecule has 0 saturated heterocycles. The first kappa shape index (κ1) is 22.4. The molecular weight excluding hydrogens is 443 g/mol. The lowest BCUT2D eigenvalue weighted by Crippen LogP contribution is -2.37. The van der Waals surface area contributed by atoms with Crippen molar-refractivity contribution in [2.45, 2.75) is 32.7 Å². The summed E-state index contributed by atoms with van der Waals surface area (Å²) in [5.41, 5.74) is 2.17. The summed E-state index contributed by atoms with van der Waals surface area (Å²) in [4.78, 5) is 8.19. The number of hydrogen-bond donors (Lipinski definition) is 2. The second-order valence-corrected chi connectivity index (χ2v) is 5.68. The van der Waals surface area contributed by atoms with Gasteiger partial charge >= 0.3 is 0 Å². The third-order valence-corrected chi connectivity index (χ3v) is 3.70. The van der Waals surface area contributed by atoms with E-state index in [0.717, 1.165) is 44.2 Å². The van der Waals surface area contributed by atoms with Crippen LogP contribution in [0.15, 0.2) is 41.9 Å².